The van der Waals surface area contributed by atoms with Crippen LogP contribution >= 0.6 is 23.3 Å². The predicted octanol–water partition coefficient (Wildman–Crippen LogP) is 4.57. The van der Waals surface area contributed by atoms with E-state index in [2.05, 4.69) is 63.6 Å². The Hall–Kier alpha value is -1.99. The molecule has 0 aliphatic carbocycles. The zero-order valence-electron chi connectivity index (χ0n) is 13.9. The minimum Gasteiger partial charge on any atom is -0.298 e. The van der Waals surface area contributed by atoms with Crippen LogP contribution in [0.25, 0.3) is 11.4 Å². The number of rotatable bonds is 6. The molecule has 0 atom stereocenters. The lowest BCUT2D eigenvalue weighted by Crippen LogP contribution is -2.00. The SMILES string of the molecule is C=CCn1c(Sc2nc(C(C)C)ns2)nnc1-c1cccc(C)c1. The van der Waals surface area contributed by atoms with E-state index in [9.17, 15) is 0 Å². The van der Waals surface area contributed by atoms with Gasteiger partial charge in [-0.2, -0.15) is 4.37 Å². The highest BCUT2D eigenvalue weighted by atomic mass is 32.2. The lowest BCUT2D eigenvalue weighted by molar-refractivity contribution is 0.730. The van der Waals surface area contributed by atoms with E-state index in [1.807, 2.05) is 18.2 Å². The molecule has 1 aromatic carbocycles. The molecule has 0 aliphatic heterocycles. The van der Waals surface area contributed by atoms with Gasteiger partial charge in [-0.3, -0.25) is 4.57 Å². The Morgan fingerprint density at radius 3 is 2.83 bits per heavy atom. The van der Waals surface area contributed by atoms with Gasteiger partial charge in [0.2, 0.25) is 0 Å². The summed E-state index contributed by atoms with van der Waals surface area (Å²) in [6.45, 7) is 10.8. The molecule has 0 spiro atoms. The molecule has 0 unspecified atom stereocenters. The number of benzene rings is 1. The summed E-state index contributed by atoms with van der Waals surface area (Å²) in [5.74, 6) is 2.04. The maximum absolute atomic E-state index is 4.57. The molecule has 7 heteroatoms. The quantitative estimate of drug-likeness (QED) is 0.605. The summed E-state index contributed by atoms with van der Waals surface area (Å²) in [6.07, 6.45) is 1.85. The topological polar surface area (TPSA) is 56.5 Å². The van der Waals surface area contributed by atoms with Crippen LogP contribution in [0.1, 0.15) is 31.2 Å². The summed E-state index contributed by atoms with van der Waals surface area (Å²) in [4.78, 5) is 4.57. The summed E-state index contributed by atoms with van der Waals surface area (Å²) >= 11 is 2.90. The Bertz CT molecular complexity index is 850. The number of allylic oxidation sites excluding steroid dienone is 1. The van der Waals surface area contributed by atoms with Crippen molar-refractivity contribution in [2.24, 2.45) is 0 Å². The lowest BCUT2D eigenvalue weighted by Gasteiger charge is -2.07. The van der Waals surface area contributed by atoms with E-state index >= 15 is 0 Å². The molecule has 0 bridgehead atoms. The van der Waals surface area contributed by atoms with Crippen LogP contribution in [0, 0.1) is 6.92 Å². The van der Waals surface area contributed by atoms with Crippen molar-refractivity contribution in [1.29, 1.82) is 0 Å². The van der Waals surface area contributed by atoms with Crippen molar-refractivity contribution >= 4 is 23.3 Å². The first-order valence-electron chi connectivity index (χ1n) is 7.71. The second-order valence-corrected chi connectivity index (χ2v) is 7.72. The molecule has 3 rings (SSSR count). The molecule has 0 N–H and O–H groups in total. The Morgan fingerprint density at radius 2 is 2.17 bits per heavy atom. The fourth-order valence-electron chi connectivity index (χ4n) is 2.23. The van der Waals surface area contributed by atoms with Crippen molar-refractivity contribution in [3.05, 3.63) is 48.3 Å². The molecule has 0 saturated heterocycles. The summed E-state index contributed by atoms with van der Waals surface area (Å²) < 4.78 is 7.34. The zero-order valence-corrected chi connectivity index (χ0v) is 15.6. The summed E-state index contributed by atoms with van der Waals surface area (Å²) in [7, 11) is 0. The van der Waals surface area contributed by atoms with Crippen molar-refractivity contribution in [3.63, 3.8) is 0 Å². The first kappa shape index (κ1) is 16.9. The van der Waals surface area contributed by atoms with Crippen LogP contribution in [-0.4, -0.2) is 24.1 Å². The Balaban J connectivity index is 1.94. The van der Waals surface area contributed by atoms with Crippen molar-refractivity contribution in [1.82, 2.24) is 24.1 Å². The molecule has 2 heterocycles. The van der Waals surface area contributed by atoms with Gasteiger partial charge in [-0.1, -0.05) is 43.7 Å². The van der Waals surface area contributed by atoms with Gasteiger partial charge in [-0.05, 0) is 36.3 Å². The van der Waals surface area contributed by atoms with Gasteiger partial charge in [0.25, 0.3) is 0 Å². The van der Waals surface area contributed by atoms with E-state index in [0.29, 0.717) is 12.5 Å². The average molecular weight is 358 g/mol. The van der Waals surface area contributed by atoms with Crippen LogP contribution in [-0.2, 0) is 6.54 Å². The van der Waals surface area contributed by atoms with Crippen LogP contribution in [0.15, 0.2) is 46.4 Å². The normalized spacial score (nSPS) is 11.2. The number of hydrogen-bond acceptors (Lipinski definition) is 6. The predicted molar refractivity (Wildman–Crippen MR) is 98.5 cm³/mol. The van der Waals surface area contributed by atoms with Crippen molar-refractivity contribution in [2.45, 2.75) is 42.7 Å². The average Bonchev–Trinajstić information content (AvgIpc) is 3.16. The third-order valence-corrected chi connectivity index (χ3v) is 5.17. The van der Waals surface area contributed by atoms with Crippen molar-refractivity contribution in [3.8, 4) is 11.4 Å². The van der Waals surface area contributed by atoms with Gasteiger partial charge in [0.1, 0.15) is 5.82 Å². The van der Waals surface area contributed by atoms with Gasteiger partial charge in [-0.15, -0.1) is 16.8 Å². The Labute approximate surface area is 150 Å². The molecule has 24 heavy (non-hydrogen) atoms. The van der Waals surface area contributed by atoms with Crippen LogP contribution in [0.3, 0.4) is 0 Å². The highest BCUT2D eigenvalue weighted by molar-refractivity contribution is 8.00. The van der Waals surface area contributed by atoms with E-state index in [0.717, 1.165) is 26.7 Å². The van der Waals surface area contributed by atoms with Crippen molar-refractivity contribution in [2.75, 3.05) is 0 Å². The van der Waals surface area contributed by atoms with Crippen LogP contribution in [0.4, 0.5) is 0 Å². The standard InChI is InChI=1S/C17H19N5S2/c1-5-9-22-15(13-8-6-7-12(4)10-13)19-20-16(22)23-17-18-14(11(2)3)21-24-17/h5-8,10-11H,1,9H2,2-4H3. The zero-order chi connectivity index (χ0) is 17.1. The number of aryl methyl sites for hydroxylation is 1. The number of hydrogen-bond donors (Lipinski definition) is 0. The minimum absolute atomic E-state index is 0.324. The Kier molecular flexibility index (Phi) is 5.11. The number of nitrogens with zero attached hydrogens (tertiary/aromatic N) is 5. The minimum atomic E-state index is 0.324. The maximum atomic E-state index is 4.57. The van der Waals surface area contributed by atoms with Crippen molar-refractivity contribution < 1.29 is 0 Å². The maximum Gasteiger partial charge on any atom is 0.198 e. The summed E-state index contributed by atoms with van der Waals surface area (Å²) in [5.41, 5.74) is 2.25. The summed E-state index contributed by atoms with van der Waals surface area (Å²) in [6, 6.07) is 8.26. The number of aromatic nitrogens is 5. The molecule has 124 valence electrons. The smallest absolute Gasteiger partial charge is 0.198 e. The molecular weight excluding hydrogens is 338 g/mol. The van der Waals surface area contributed by atoms with E-state index in [4.69, 9.17) is 0 Å². The van der Waals surface area contributed by atoms with Gasteiger partial charge in [-0.25, -0.2) is 4.98 Å². The highest BCUT2D eigenvalue weighted by Gasteiger charge is 2.17. The van der Waals surface area contributed by atoms with E-state index in [1.165, 1.54) is 28.9 Å². The molecule has 5 nitrogen and oxygen atoms in total. The van der Waals surface area contributed by atoms with Crippen LogP contribution < -0.4 is 0 Å². The van der Waals surface area contributed by atoms with Gasteiger partial charge in [0.05, 0.1) is 0 Å². The molecular formula is C17H19N5S2. The molecule has 0 amide bonds. The first-order valence-corrected chi connectivity index (χ1v) is 9.30. The van der Waals surface area contributed by atoms with E-state index in [-0.39, 0.29) is 0 Å². The first-order chi connectivity index (χ1) is 11.6. The second kappa shape index (κ2) is 7.27. The largest absolute Gasteiger partial charge is 0.298 e. The Morgan fingerprint density at radius 1 is 1.33 bits per heavy atom. The molecule has 3 aromatic rings. The monoisotopic (exact) mass is 357 g/mol. The third kappa shape index (κ3) is 3.57. The lowest BCUT2D eigenvalue weighted by atomic mass is 10.1. The van der Waals surface area contributed by atoms with Gasteiger partial charge >= 0.3 is 0 Å². The molecule has 0 aliphatic rings. The van der Waals surface area contributed by atoms with Gasteiger partial charge in [0.15, 0.2) is 15.3 Å². The van der Waals surface area contributed by atoms with Crippen LogP contribution in [0.5, 0.6) is 0 Å². The molecule has 0 fully saturated rings. The highest BCUT2D eigenvalue weighted by Crippen LogP contribution is 2.31. The fourth-order valence-corrected chi connectivity index (χ4v) is 3.92. The van der Waals surface area contributed by atoms with Crippen LogP contribution in [0.2, 0.25) is 0 Å². The van der Waals surface area contributed by atoms with Gasteiger partial charge < -0.3 is 0 Å². The molecule has 0 saturated carbocycles. The molecule has 0 radical (unpaired) electrons. The summed E-state index contributed by atoms with van der Waals surface area (Å²) in [5, 5.41) is 9.55. The van der Waals surface area contributed by atoms with E-state index < -0.39 is 0 Å². The third-order valence-electron chi connectivity index (χ3n) is 3.42. The van der Waals surface area contributed by atoms with Gasteiger partial charge in [0, 0.05) is 18.0 Å². The second-order valence-electron chi connectivity index (χ2n) is 5.75. The molecule has 2 aromatic heterocycles. The van der Waals surface area contributed by atoms with E-state index in [1.54, 1.807) is 0 Å². The fraction of sp³-hybridized carbons (Fsp3) is 0.294.